The van der Waals surface area contributed by atoms with Crippen molar-refractivity contribution in [2.45, 2.75) is 6.42 Å². The first-order valence-electron chi connectivity index (χ1n) is 6.03. The maximum Gasteiger partial charge on any atom is 0.313 e. The van der Waals surface area contributed by atoms with Gasteiger partial charge in [0.15, 0.2) is 5.76 Å². The van der Waals surface area contributed by atoms with E-state index in [2.05, 4.69) is 21.2 Å². The Morgan fingerprint density at radius 2 is 2.14 bits per heavy atom. The van der Waals surface area contributed by atoms with Crippen molar-refractivity contribution >= 4 is 39.4 Å². The Kier molecular flexibility index (Phi) is 5.41. The molecule has 0 aliphatic heterocycles. The maximum absolute atomic E-state index is 11.7. The number of benzene rings is 1. The molecule has 0 radical (unpaired) electrons. The van der Waals surface area contributed by atoms with Gasteiger partial charge in [0.05, 0.1) is 17.2 Å². The molecule has 5 nitrogen and oxygen atoms in total. The second kappa shape index (κ2) is 7.28. The molecule has 1 amide bonds. The molecule has 0 aliphatic carbocycles. The molecule has 1 heterocycles. The predicted octanol–water partition coefficient (Wildman–Crippen LogP) is 3.42. The van der Waals surface area contributed by atoms with Crippen molar-refractivity contribution in [3.05, 3.63) is 51.9 Å². The largest absolute Gasteiger partial charge is 0.459 e. The molecule has 0 aliphatic rings. The van der Waals surface area contributed by atoms with Gasteiger partial charge in [0.2, 0.25) is 0 Å². The lowest BCUT2D eigenvalue weighted by atomic mass is 10.3. The zero-order valence-corrected chi connectivity index (χ0v) is 13.1. The molecule has 0 atom stereocenters. The summed E-state index contributed by atoms with van der Waals surface area (Å²) in [5.41, 5.74) is 0. The maximum atomic E-state index is 11.7. The van der Waals surface area contributed by atoms with Crippen LogP contribution in [-0.2, 0) is 4.79 Å². The molecular weight excluding hydrogens is 362 g/mol. The molecule has 2 aromatic rings. The summed E-state index contributed by atoms with van der Waals surface area (Å²) in [6.45, 7) is 0.156. The number of carbonyl (C=O) groups is 2. The Bertz CT molecular complexity index is 642. The summed E-state index contributed by atoms with van der Waals surface area (Å²) in [7, 11) is 0. The van der Waals surface area contributed by atoms with Crippen LogP contribution in [0.4, 0.5) is 0 Å². The van der Waals surface area contributed by atoms with Gasteiger partial charge in [-0.15, -0.1) is 0 Å². The van der Waals surface area contributed by atoms with Crippen LogP contribution in [0.3, 0.4) is 0 Å². The van der Waals surface area contributed by atoms with Crippen molar-refractivity contribution < 1.29 is 18.7 Å². The third kappa shape index (κ3) is 4.61. The van der Waals surface area contributed by atoms with E-state index in [1.807, 2.05) is 0 Å². The first kappa shape index (κ1) is 15.6. The Hall–Kier alpha value is -1.79. The molecule has 1 aromatic carbocycles. The molecule has 7 heteroatoms. The van der Waals surface area contributed by atoms with Gasteiger partial charge in [0.1, 0.15) is 5.75 Å². The second-order valence-corrected chi connectivity index (χ2v) is 5.32. The van der Waals surface area contributed by atoms with E-state index in [0.717, 1.165) is 0 Å². The van der Waals surface area contributed by atoms with Gasteiger partial charge < -0.3 is 14.5 Å². The Balaban J connectivity index is 1.78. The highest BCUT2D eigenvalue weighted by Crippen LogP contribution is 2.28. The summed E-state index contributed by atoms with van der Waals surface area (Å²) in [6.07, 6.45) is 1.45. The summed E-state index contributed by atoms with van der Waals surface area (Å²) in [5.74, 6) is -0.260. The summed E-state index contributed by atoms with van der Waals surface area (Å²) >= 11 is 9.04. The van der Waals surface area contributed by atoms with Gasteiger partial charge in [-0.3, -0.25) is 9.59 Å². The van der Waals surface area contributed by atoms with Gasteiger partial charge in [0.25, 0.3) is 5.91 Å². The molecule has 110 valence electrons. The molecule has 0 bridgehead atoms. The topological polar surface area (TPSA) is 68.5 Å². The fourth-order valence-electron chi connectivity index (χ4n) is 1.50. The van der Waals surface area contributed by atoms with Gasteiger partial charge in [0, 0.05) is 11.6 Å². The van der Waals surface area contributed by atoms with E-state index in [1.165, 1.54) is 6.26 Å². The second-order valence-electron chi connectivity index (χ2n) is 4.03. The van der Waals surface area contributed by atoms with Crippen LogP contribution in [0.2, 0.25) is 5.02 Å². The van der Waals surface area contributed by atoms with Crippen LogP contribution < -0.4 is 10.1 Å². The Morgan fingerprint density at radius 3 is 2.81 bits per heavy atom. The summed E-state index contributed by atoms with van der Waals surface area (Å²) in [6, 6.07) is 7.99. The number of amides is 1. The number of ether oxygens (including phenoxy) is 1. The Labute approximate surface area is 134 Å². The molecular formula is C14H11BrClNO4. The molecule has 0 fully saturated rings. The fourth-order valence-corrected chi connectivity index (χ4v) is 2.27. The van der Waals surface area contributed by atoms with E-state index in [9.17, 15) is 9.59 Å². The fraction of sp³-hybridized carbons (Fsp3) is 0.143. The minimum absolute atomic E-state index is 0.0432. The van der Waals surface area contributed by atoms with E-state index in [0.29, 0.717) is 15.2 Å². The molecule has 0 unspecified atom stereocenters. The number of furan rings is 1. The van der Waals surface area contributed by atoms with Crippen LogP contribution in [0, 0.1) is 0 Å². The summed E-state index contributed by atoms with van der Waals surface area (Å²) in [5, 5.41) is 3.09. The number of nitrogens with one attached hydrogen (secondary N) is 1. The number of halogens is 2. The van der Waals surface area contributed by atoms with E-state index in [4.69, 9.17) is 20.8 Å². The standard InChI is InChI=1S/C14H11BrClNO4/c15-10-8-9(16)3-4-11(10)21-13(18)5-6-17-14(19)12-2-1-7-20-12/h1-4,7-8H,5-6H2,(H,17,19). The van der Waals surface area contributed by atoms with Crippen molar-refractivity contribution in [3.63, 3.8) is 0 Å². The van der Waals surface area contributed by atoms with Crippen LogP contribution in [-0.4, -0.2) is 18.4 Å². The average molecular weight is 373 g/mol. The minimum Gasteiger partial charge on any atom is -0.459 e. The first-order chi connectivity index (χ1) is 10.1. The quantitative estimate of drug-likeness (QED) is 0.645. The molecule has 2 rings (SSSR count). The number of rotatable bonds is 5. The smallest absolute Gasteiger partial charge is 0.313 e. The van der Waals surface area contributed by atoms with E-state index >= 15 is 0 Å². The number of carbonyl (C=O) groups excluding carboxylic acids is 2. The Morgan fingerprint density at radius 1 is 1.33 bits per heavy atom. The van der Waals surface area contributed by atoms with Crippen LogP contribution >= 0.6 is 27.5 Å². The van der Waals surface area contributed by atoms with Gasteiger partial charge in [-0.2, -0.15) is 0 Å². The van der Waals surface area contributed by atoms with Gasteiger partial charge >= 0.3 is 5.97 Å². The van der Waals surface area contributed by atoms with Crippen LogP contribution in [0.25, 0.3) is 0 Å². The van der Waals surface area contributed by atoms with Crippen molar-refractivity contribution in [2.24, 2.45) is 0 Å². The first-order valence-corrected chi connectivity index (χ1v) is 7.21. The molecule has 21 heavy (non-hydrogen) atoms. The minimum atomic E-state index is -0.460. The van der Waals surface area contributed by atoms with Crippen molar-refractivity contribution in [3.8, 4) is 5.75 Å². The zero-order chi connectivity index (χ0) is 15.2. The SMILES string of the molecule is O=C(CCNC(=O)c1ccco1)Oc1ccc(Cl)cc1Br. The predicted molar refractivity (Wildman–Crippen MR) is 80.4 cm³/mol. The average Bonchev–Trinajstić information content (AvgIpc) is 2.96. The van der Waals surface area contributed by atoms with E-state index in [1.54, 1.807) is 30.3 Å². The lowest BCUT2D eigenvalue weighted by Gasteiger charge is -2.07. The van der Waals surface area contributed by atoms with Crippen LogP contribution in [0.5, 0.6) is 5.75 Å². The van der Waals surface area contributed by atoms with Crippen molar-refractivity contribution in [1.82, 2.24) is 5.32 Å². The van der Waals surface area contributed by atoms with Crippen molar-refractivity contribution in [1.29, 1.82) is 0 Å². The number of hydrogen-bond acceptors (Lipinski definition) is 4. The third-order valence-corrected chi connectivity index (χ3v) is 3.33. The monoisotopic (exact) mass is 371 g/mol. The van der Waals surface area contributed by atoms with Crippen molar-refractivity contribution in [2.75, 3.05) is 6.54 Å². The molecule has 0 spiro atoms. The lowest BCUT2D eigenvalue weighted by Crippen LogP contribution is -2.26. The number of hydrogen-bond donors (Lipinski definition) is 1. The molecule has 1 aromatic heterocycles. The van der Waals surface area contributed by atoms with E-state index in [-0.39, 0.29) is 24.6 Å². The summed E-state index contributed by atoms with van der Waals surface area (Å²) in [4.78, 5) is 23.2. The van der Waals surface area contributed by atoms with Gasteiger partial charge in [-0.1, -0.05) is 11.6 Å². The number of esters is 1. The van der Waals surface area contributed by atoms with Gasteiger partial charge in [-0.05, 0) is 46.3 Å². The van der Waals surface area contributed by atoms with E-state index < -0.39 is 5.97 Å². The highest BCUT2D eigenvalue weighted by atomic mass is 79.9. The van der Waals surface area contributed by atoms with Gasteiger partial charge in [-0.25, -0.2) is 0 Å². The highest BCUT2D eigenvalue weighted by Gasteiger charge is 2.11. The normalized spacial score (nSPS) is 10.2. The molecule has 0 saturated heterocycles. The third-order valence-electron chi connectivity index (χ3n) is 2.48. The lowest BCUT2D eigenvalue weighted by molar-refractivity contribution is -0.134. The highest BCUT2D eigenvalue weighted by molar-refractivity contribution is 9.10. The zero-order valence-electron chi connectivity index (χ0n) is 10.8. The molecule has 1 N–H and O–H groups in total. The van der Waals surface area contributed by atoms with Crippen LogP contribution in [0.15, 0.2) is 45.5 Å². The molecule has 0 saturated carbocycles. The van der Waals surface area contributed by atoms with Crippen LogP contribution in [0.1, 0.15) is 17.0 Å². The summed E-state index contributed by atoms with van der Waals surface area (Å²) < 4.78 is 10.7.